The molecule has 112 valence electrons. The number of aliphatic hydroxyl groups is 2. The van der Waals surface area contributed by atoms with Gasteiger partial charge in [0.05, 0.1) is 20.3 Å². The molecule has 0 aliphatic carbocycles. The van der Waals surface area contributed by atoms with Crippen molar-refractivity contribution in [1.29, 1.82) is 0 Å². The zero-order chi connectivity index (χ0) is 15.3. The SMILES string of the molecule is COc1cc(OC)cc(C(O)C(=O)CC(O)C(Cl)Cl)c1. The molecule has 0 aliphatic rings. The second kappa shape index (κ2) is 7.69. The Balaban J connectivity index is 2.90. The lowest BCUT2D eigenvalue weighted by atomic mass is 10.0. The molecule has 1 aromatic carbocycles. The maximum absolute atomic E-state index is 11.8. The summed E-state index contributed by atoms with van der Waals surface area (Å²) in [6.45, 7) is 0. The van der Waals surface area contributed by atoms with Crippen LogP contribution in [0.2, 0.25) is 0 Å². The number of hydrogen-bond donors (Lipinski definition) is 2. The zero-order valence-corrected chi connectivity index (χ0v) is 12.6. The molecule has 1 rings (SSSR count). The van der Waals surface area contributed by atoms with E-state index in [1.165, 1.54) is 26.4 Å². The van der Waals surface area contributed by atoms with Crippen LogP contribution in [-0.4, -0.2) is 41.2 Å². The number of alkyl halides is 2. The number of carbonyl (C=O) groups is 1. The Kier molecular flexibility index (Phi) is 6.55. The highest BCUT2D eigenvalue weighted by Crippen LogP contribution is 2.28. The van der Waals surface area contributed by atoms with Crippen LogP contribution in [0.15, 0.2) is 18.2 Å². The molecule has 2 unspecified atom stereocenters. The van der Waals surface area contributed by atoms with Crippen molar-refractivity contribution in [2.45, 2.75) is 23.5 Å². The van der Waals surface area contributed by atoms with Crippen molar-refractivity contribution in [3.8, 4) is 11.5 Å². The number of ether oxygens (including phenoxy) is 2. The lowest BCUT2D eigenvalue weighted by Crippen LogP contribution is -2.24. The molecule has 0 amide bonds. The summed E-state index contributed by atoms with van der Waals surface area (Å²) in [5, 5.41) is 19.5. The topological polar surface area (TPSA) is 76.0 Å². The van der Waals surface area contributed by atoms with Gasteiger partial charge < -0.3 is 19.7 Å². The number of hydrogen-bond acceptors (Lipinski definition) is 5. The number of benzene rings is 1. The molecule has 0 saturated carbocycles. The van der Waals surface area contributed by atoms with Crippen LogP contribution in [-0.2, 0) is 4.79 Å². The highest BCUT2D eigenvalue weighted by molar-refractivity contribution is 6.44. The normalized spacial score (nSPS) is 13.9. The van der Waals surface area contributed by atoms with E-state index in [0.29, 0.717) is 17.1 Å². The summed E-state index contributed by atoms with van der Waals surface area (Å²) in [7, 11) is 2.92. The Bertz CT molecular complexity index is 442. The summed E-state index contributed by atoms with van der Waals surface area (Å²) in [4.78, 5) is 10.8. The molecule has 2 atom stereocenters. The fourth-order valence-electron chi connectivity index (χ4n) is 1.58. The molecule has 0 aromatic heterocycles. The summed E-state index contributed by atoms with van der Waals surface area (Å²) >= 11 is 10.9. The summed E-state index contributed by atoms with van der Waals surface area (Å²) in [5.74, 6) is 0.290. The summed E-state index contributed by atoms with van der Waals surface area (Å²) < 4.78 is 10.1. The van der Waals surface area contributed by atoms with Crippen LogP contribution in [0.1, 0.15) is 18.1 Å². The van der Waals surface area contributed by atoms with Crippen LogP contribution in [0, 0.1) is 0 Å². The number of rotatable bonds is 7. The van der Waals surface area contributed by atoms with Crippen molar-refractivity contribution in [3.05, 3.63) is 23.8 Å². The molecule has 1 aromatic rings. The Labute approximate surface area is 127 Å². The highest BCUT2D eigenvalue weighted by Gasteiger charge is 2.24. The van der Waals surface area contributed by atoms with Gasteiger partial charge in [0.1, 0.15) is 22.4 Å². The fourth-order valence-corrected chi connectivity index (χ4v) is 1.76. The van der Waals surface area contributed by atoms with Gasteiger partial charge in [-0.1, -0.05) is 0 Å². The predicted octanol–water partition coefficient (Wildman–Crippen LogP) is 1.86. The summed E-state index contributed by atoms with van der Waals surface area (Å²) in [5.41, 5.74) is 0.305. The standard InChI is InChI=1S/C13H16Cl2O5/c1-19-8-3-7(4-9(5-8)20-2)12(18)10(16)6-11(17)13(14)15/h3-5,11-13,17-18H,6H2,1-2H3. The van der Waals surface area contributed by atoms with E-state index in [0.717, 1.165) is 0 Å². The molecule has 5 nitrogen and oxygen atoms in total. The fraction of sp³-hybridized carbons (Fsp3) is 0.462. The van der Waals surface area contributed by atoms with Crippen molar-refractivity contribution < 1.29 is 24.5 Å². The predicted molar refractivity (Wildman–Crippen MR) is 75.6 cm³/mol. The Morgan fingerprint density at radius 2 is 1.65 bits per heavy atom. The number of methoxy groups -OCH3 is 2. The van der Waals surface area contributed by atoms with Gasteiger partial charge in [0, 0.05) is 12.5 Å². The lowest BCUT2D eigenvalue weighted by molar-refractivity contribution is -0.129. The maximum atomic E-state index is 11.8. The molecular formula is C13H16Cl2O5. The molecule has 0 spiro atoms. The minimum Gasteiger partial charge on any atom is -0.497 e. The number of ketones is 1. The van der Waals surface area contributed by atoms with Crippen LogP contribution >= 0.6 is 23.2 Å². The third-order valence-corrected chi connectivity index (χ3v) is 3.28. The van der Waals surface area contributed by atoms with E-state index in [1.54, 1.807) is 6.07 Å². The largest absolute Gasteiger partial charge is 0.497 e. The van der Waals surface area contributed by atoms with Gasteiger partial charge in [-0.05, 0) is 17.7 Å². The van der Waals surface area contributed by atoms with Gasteiger partial charge in [0.25, 0.3) is 0 Å². The number of halogens is 2. The van der Waals surface area contributed by atoms with E-state index in [2.05, 4.69) is 0 Å². The van der Waals surface area contributed by atoms with E-state index < -0.39 is 22.8 Å². The maximum Gasteiger partial charge on any atom is 0.168 e. The van der Waals surface area contributed by atoms with Crippen molar-refractivity contribution in [2.75, 3.05) is 14.2 Å². The first kappa shape index (κ1) is 17.0. The first-order chi connectivity index (χ1) is 9.38. The lowest BCUT2D eigenvalue weighted by Gasteiger charge is -2.15. The van der Waals surface area contributed by atoms with Gasteiger partial charge in [-0.25, -0.2) is 0 Å². The van der Waals surface area contributed by atoms with E-state index in [4.69, 9.17) is 32.7 Å². The van der Waals surface area contributed by atoms with Gasteiger partial charge in [0.15, 0.2) is 5.78 Å². The second-order valence-electron chi connectivity index (χ2n) is 4.12. The van der Waals surface area contributed by atoms with Crippen molar-refractivity contribution >= 4 is 29.0 Å². The van der Waals surface area contributed by atoms with Crippen molar-refractivity contribution in [2.24, 2.45) is 0 Å². The third-order valence-electron chi connectivity index (χ3n) is 2.70. The van der Waals surface area contributed by atoms with Gasteiger partial charge in [-0.15, -0.1) is 23.2 Å². The average Bonchev–Trinajstić information content (AvgIpc) is 2.45. The molecule has 7 heteroatoms. The third kappa shape index (κ3) is 4.52. The average molecular weight is 323 g/mol. The molecule has 0 bridgehead atoms. The molecule has 20 heavy (non-hydrogen) atoms. The summed E-state index contributed by atoms with van der Waals surface area (Å²) in [6, 6.07) is 4.63. The van der Waals surface area contributed by atoms with Crippen LogP contribution in [0.3, 0.4) is 0 Å². The van der Waals surface area contributed by atoms with Gasteiger partial charge in [0.2, 0.25) is 0 Å². The van der Waals surface area contributed by atoms with E-state index in [1.807, 2.05) is 0 Å². The quantitative estimate of drug-likeness (QED) is 0.749. The number of aliphatic hydroxyl groups excluding tert-OH is 2. The molecule has 0 saturated heterocycles. The first-order valence-corrected chi connectivity index (χ1v) is 6.66. The molecule has 0 aliphatic heterocycles. The minimum absolute atomic E-state index is 0.305. The van der Waals surface area contributed by atoms with Crippen molar-refractivity contribution in [1.82, 2.24) is 0 Å². The van der Waals surface area contributed by atoms with Gasteiger partial charge >= 0.3 is 0 Å². The van der Waals surface area contributed by atoms with Gasteiger partial charge in [-0.2, -0.15) is 0 Å². The van der Waals surface area contributed by atoms with E-state index in [9.17, 15) is 15.0 Å². The molecular weight excluding hydrogens is 307 g/mol. The molecule has 2 N–H and O–H groups in total. The van der Waals surface area contributed by atoms with Crippen LogP contribution < -0.4 is 9.47 Å². The second-order valence-corrected chi connectivity index (χ2v) is 5.28. The van der Waals surface area contributed by atoms with E-state index in [-0.39, 0.29) is 6.42 Å². The van der Waals surface area contributed by atoms with Gasteiger partial charge in [-0.3, -0.25) is 4.79 Å². The number of Topliss-reactive ketones (excluding diaryl/α,β-unsaturated/α-hetero) is 1. The minimum atomic E-state index is -1.42. The highest BCUT2D eigenvalue weighted by atomic mass is 35.5. The summed E-state index contributed by atoms with van der Waals surface area (Å²) in [6.07, 6.45) is -2.99. The van der Waals surface area contributed by atoms with Crippen LogP contribution in [0.5, 0.6) is 11.5 Å². The molecule has 0 fully saturated rings. The van der Waals surface area contributed by atoms with Crippen LogP contribution in [0.4, 0.5) is 0 Å². The number of carbonyl (C=O) groups excluding carboxylic acids is 1. The Morgan fingerprint density at radius 3 is 2.05 bits per heavy atom. The smallest absolute Gasteiger partial charge is 0.168 e. The first-order valence-electron chi connectivity index (χ1n) is 5.79. The van der Waals surface area contributed by atoms with Crippen LogP contribution in [0.25, 0.3) is 0 Å². The van der Waals surface area contributed by atoms with Crippen molar-refractivity contribution in [3.63, 3.8) is 0 Å². The molecule has 0 heterocycles. The molecule has 0 radical (unpaired) electrons. The zero-order valence-electron chi connectivity index (χ0n) is 11.0. The van der Waals surface area contributed by atoms with E-state index >= 15 is 0 Å². The Hall–Kier alpha value is -1.01. The Morgan fingerprint density at radius 1 is 1.15 bits per heavy atom. The monoisotopic (exact) mass is 322 g/mol.